The fourth-order valence-electron chi connectivity index (χ4n) is 1.71. The molecule has 98 valence electrons. The maximum atomic E-state index is 12.1. The molecule has 0 bridgehead atoms. The number of anilines is 1. The Morgan fingerprint density at radius 2 is 2.16 bits per heavy atom. The molecule has 0 unspecified atom stereocenters. The van der Waals surface area contributed by atoms with Crippen molar-refractivity contribution in [2.45, 2.75) is 6.92 Å². The van der Waals surface area contributed by atoms with E-state index in [1.807, 2.05) is 0 Å². The molecule has 0 radical (unpaired) electrons. The van der Waals surface area contributed by atoms with Crippen LogP contribution in [-0.4, -0.2) is 23.1 Å². The first kappa shape index (κ1) is 12.9. The first-order valence-corrected chi connectivity index (χ1v) is 5.71. The molecule has 19 heavy (non-hydrogen) atoms. The molecular weight excluding hydrogens is 244 g/mol. The highest BCUT2D eigenvalue weighted by Gasteiger charge is 2.13. The van der Waals surface area contributed by atoms with Crippen molar-refractivity contribution in [1.82, 2.24) is 4.98 Å². The minimum absolute atomic E-state index is 0.164. The molecule has 2 rings (SSSR count). The quantitative estimate of drug-likeness (QED) is 0.829. The lowest BCUT2D eigenvalue weighted by Crippen LogP contribution is -2.14. The Bertz CT molecular complexity index is 611. The summed E-state index contributed by atoms with van der Waals surface area (Å²) in [6.45, 7) is 1.80. The van der Waals surface area contributed by atoms with Crippen molar-refractivity contribution in [2.24, 2.45) is 0 Å². The zero-order chi connectivity index (χ0) is 13.8. The lowest BCUT2D eigenvalue weighted by molar-refractivity contribution is 0.102. The number of amides is 1. The summed E-state index contributed by atoms with van der Waals surface area (Å²) in [5.74, 6) is 0.293. The third-order valence-corrected chi connectivity index (χ3v) is 2.71. The number of hydrogen-bond acceptors (Lipinski definition) is 4. The van der Waals surface area contributed by atoms with Gasteiger partial charge in [-0.1, -0.05) is 0 Å². The third kappa shape index (κ3) is 2.82. The van der Waals surface area contributed by atoms with Crippen molar-refractivity contribution in [2.75, 3.05) is 12.4 Å². The average Bonchev–Trinajstić information content (AvgIpc) is 2.41. The van der Waals surface area contributed by atoms with Crippen LogP contribution in [0.15, 0.2) is 36.7 Å². The van der Waals surface area contributed by atoms with E-state index in [4.69, 9.17) is 4.74 Å². The number of nitrogens with zero attached hydrogens (tertiary/aromatic N) is 1. The lowest BCUT2D eigenvalue weighted by Gasteiger charge is -2.10. The highest BCUT2D eigenvalue weighted by Crippen LogP contribution is 2.22. The van der Waals surface area contributed by atoms with Crippen LogP contribution in [0.2, 0.25) is 0 Å². The molecular formula is C14H14N2O3. The lowest BCUT2D eigenvalue weighted by atomic mass is 10.1. The summed E-state index contributed by atoms with van der Waals surface area (Å²) in [5.41, 5.74) is 1.83. The van der Waals surface area contributed by atoms with E-state index >= 15 is 0 Å². The molecule has 1 amide bonds. The molecule has 0 atom stereocenters. The Labute approximate surface area is 110 Å². The van der Waals surface area contributed by atoms with Gasteiger partial charge in [0, 0.05) is 11.9 Å². The fourth-order valence-corrected chi connectivity index (χ4v) is 1.71. The van der Waals surface area contributed by atoms with Crippen LogP contribution in [0.25, 0.3) is 0 Å². The summed E-state index contributed by atoms with van der Waals surface area (Å²) in [5, 5.41) is 12.1. The van der Waals surface area contributed by atoms with Gasteiger partial charge < -0.3 is 15.2 Å². The van der Waals surface area contributed by atoms with Crippen LogP contribution >= 0.6 is 0 Å². The van der Waals surface area contributed by atoms with Gasteiger partial charge >= 0.3 is 0 Å². The molecule has 2 aromatic rings. The highest BCUT2D eigenvalue weighted by atomic mass is 16.5. The van der Waals surface area contributed by atoms with Gasteiger partial charge in [-0.2, -0.15) is 0 Å². The number of ether oxygens (including phenoxy) is 1. The third-order valence-electron chi connectivity index (χ3n) is 2.71. The second-order valence-electron chi connectivity index (χ2n) is 4.03. The molecule has 5 heteroatoms. The monoisotopic (exact) mass is 258 g/mol. The summed E-state index contributed by atoms with van der Waals surface area (Å²) >= 11 is 0. The van der Waals surface area contributed by atoms with Crippen molar-refractivity contribution in [1.29, 1.82) is 0 Å². The molecule has 1 aromatic heterocycles. The molecule has 1 aromatic carbocycles. The molecule has 0 aliphatic heterocycles. The number of nitrogens with one attached hydrogen (secondary N) is 1. The number of carbonyl (C=O) groups is 1. The number of hydrogen-bond donors (Lipinski definition) is 2. The highest BCUT2D eigenvalue weighted by molar-refractivity contribution is 6.06. The van der Waals surface area contributed by atoms with Crippen LogP contribution in [0.4, 0.5) is 5.69 Å². The van der Waals surface area contributed by atoms with Gasteiger partial charge in [0.2, 0.25) is 0 Å². The van der Waals surface area contributed by atoms with E-state index < -0.39 is 0 Å². The van der Waals surface area contributed by atoms with Crippen LogP contribution in [0.5, 0.6) is 11.5 Å². The number of rotatable bonds is 3. The van der Waals surface area contributed by atoms with Crippen LogP contribution < -0.4 is 10.1 Å². The topological polar surface area (TPSA) is 71.5 Å². The van der Waals surface area contributed by atoms with Crippen molar-refractivity contribution in [3.63, 3.8) is 0 Å². The SMILES string of the molecule is COc1cnccc1C(=O)Nc1ccc(O)cc1C. The molecule has 2 N–H and O–H groups in total. The minimum atomic E-state index is -0.284. The Morgan fingerprint density at radius 3 is 2.84 bits per heavy atom. The number of aromatic nitrogens is 1. The molecule has 0 saturated heterocycles. The summed E-state index contributed by atoms with van der Waals surface area (Å²) < 4.78 is 5.09. The Hall–Kier alpha value is -2.56. The zero-order valence-corrected chi connectivity index (χ0v) is 10.7. The number of pyridine rings is 1. The number of methoxy groups -OCH3 is 1. The normalized spacial score (nSPS) is 10.0. The van der Waals surface area contributed by atoms with Gasteiger partial charge in [-0.3, -0.25) is 9.78 Å². The minimum Gasteiger partial charge on any atom is -0.508 e. The zero-order valence-electron chi connectivity index (χ0n) is 10.7. The number of aryl methyl sites for hydroxylation is 1. The second-order valence-corrected chi connectivity index (χ2v) is 4.03. The van der Waals surface area contributed by atoms with E-state index in [-0.39, 0.29) is 11.7 Å². The van der Waals surface area contributed by atoms with E-state index in [1.54, 1.807) is 25.1 Å². The van der Waals surface area contributed by atoms with Crippen molar-refractivity contribution < 1.29 is 14.6 Å². The maximum Gasteiger partial charge on any atom is 0.259 e. The number of aromatic hydroxyl groups is 1. The second kappa shape index (κ2) is 5.39. The molecule has 5 nitrogen and oxygen atoms in total. The summed E-state index contributed by atoms with van der Waals surface area (Å²) in [6, 6.07) is 6.34. The number of carbonyl (C=O) groups excluding carboxylic acids is 1. The van der Waals surface area contributed by atoms with E-state index in [1.165, 1.54) is 25.6 Å². The van der Waals surface area contributed by atoms with Crippen molar-refractivity contribution >= 4 is 11.6 Å². The van der Waals surface area contributed by atoms with Gasteiger partial charge in [0.15, 0.2) is 0 Å². The first-order valence-electron chi connectivity index (χ1n) is 5.71. The van der Waals surface area contributed by atoms with E-state index in [0.717, 1.165) is 5.56 Å². The maximum absolute atomic E-state index is 12.1. The van der Waals surface area contributed by atoms with E-state index in [9.17, 15) is 9.90 Å². The molecule has 0 saturated carbocycles. The largest absolute Gasteiger partial charge is 0.508 e. The van der Waals surface area contributed by atoms with Gasteiger partial charge in [-0.15, -0.1) is 0 Å². The number of phenolic OH excluding ortho intramolecular Hbond substituents is 1. The average molecular weight is 258 g/mol. The predicted octanol–water partition coefficient (Wildman–Crippen LogP) is 2.36. The molecule has 0 spiro atoms. The van der Waals surface area contributed by atoms with Crippen LogP contribution in [-0.2, 0) is 0 Å². The van der Waals surface area contributed by atoms with Gasteiger partial charge in [0.05, 0.1) is 18.9 Å². The van der Waals surface area contributed by atoms with Gasteiger partial charge in [0.25, 0.3) is 5.91 Å². The Kier molecular flexibility index (Phi) is 3.66. The molecule has 0 aliphatic rings. The summed E-state index contributed by atoms with van der Waals surface area (Å²) in [4.78, 5) is 16.0. The first-order chi connectivity index (χ1) is 9.11. The smallest absolute Gasteiger partial charge is 0.259 e. The van der Waals surface area contributed by atoms with Gasteiger partial charge in [0.1, 0.15) is 11.5 Å². The molecule has 0 aliphatic carbocycles. The molecule has 1 heterocycles. The number of phenols is 1. The van der Waals surface area contributed by atoms with Crippen LogP contribution in [0.3, 0.4) is 0 Å². The standard InChI is InChI=1S/C14H14N2O3/c1-9-7-10(17)3-4-12(9)16-14(18)11-5-6-15-8-13(11)19-2/h3-8,17H,1-2H3,(H,16,18). The fraction of sp³-hybridized carbons (Fsp3) is 0.143. The summed E-state index contributed by atoms with van der Waals surface area (Å²) in [6.07, 6.45) is 3.01. The van der Waals surface area contributed by atoms with E-state index in [2.05, 4.69) is 10.3 Å². The van der Waals surface area contributed by atoms with Gasteiger partial charge in [-0.05, 0) is 36.8 Å². The Balaban J connectivity index is 2.26. The van der Waals surface area contributed by atoms with Gasteiger partial charge in [-0.25, -0.2) is 0 Å². The Morgan fingerprint density at radius 1 is 1.37 bits per heavy atom. The van der Waals surface area contributed by atoms with Crippen molar-refractivity contribution in [3.8, 4) is 11.5 Å². The van der Waals surface area contributed by atoms with Crippen LogP contribution in [0, 0.1) is 6.92 Å². The van der Waals surface area contributed by atoms with Crippen LogP contribution in [0.1, 0.15) is 15.9 Å². The van der Waals surface area contributed by atoms with Crippen molar-refractivity contribution in [3.05, 3.63) is 47.8 Å². The number of benzene rings is 1. The van der Waals surface area contributed by atoms with E-state index in [0.29, 0.717) is 17.0 Å². The summed E-state index contributed by atoms with van der Waals surface area (Å²) in [7, 11) is 1.49. The molecule has 0 fully saturated rings. The predicted molar refractivity (Wildman–Crippen MR) is 71.6 cm³/mol.